The average molecular weight is 282 g/mol. The zero-order valence-corrected chi connectivity index (χ0v) is 11.6. The molecule has 6 nitrogen and oxygen atoms in total. The van der Waals surface area contributed by atoms with Crippen molar-refractivity contribution in [3.05, 3.63) is 0 Å². The summed E-state index contributed by atoms with van der Waals surface area (Å²) >= 11 is 0. The van der Waals surface area contributed by atoms with Crippen LogP contribution >= 0.6 is 0 Å². The summed E-state index contributed by atoms with van der Waals surface area (Å²) in [5, 5.41) is 12.1. The van der Waals surface area contributed by atoms with Crippen molar-refractivity contribution in [1.29, 1.82) is 0 Å². The molecular formula is C14H22N2O4. The number of nitrogens with zero attached hydrogens (tertiary/aromatic N) is 1. The van der Waals surface area contributed by atoms with Crippen LogP contribution < -0.4 is 5.32 Å². The molecule has 6 heteroatoms. The zero-order valence-electron chi connectivity index (χ0n) is 11.6. The van der Waals surface area contributed by atoms with E-state index in [1.807, 2.05) is 0 Å². The molecule has 2 N–H and O–H groups in total. The number of carbonyl (C=O) groups excluding carboxylic acids is 1. The van der Waals surface area contributed by atoms with Gasteiger partial charge < -0.3 is 20.1 Å². The van der Waals surface area contributed by atoms with Crippen LogP contribution in [0.3, 0.4) is 0 Å². The highest BCUT2D eigenvalue weighted by Gasteiger charge is 2.58. The van der Waals surface area contributed by atoms with Crippen molar-refractivity contribution in [2.24, 2.45) is 11.3 Å². The van der Waals surface area contributed by atoms with Crippen molar-refractivity contribution in [2.75, 3.05) is 26.3 Å². The molecule has 0 aromatic heterocycles. The van der Waals surface area contributed by atoms with Gasteiger partial charge >= 0.3 is 6.09 Å². The molecule has 20 heavy (non-hydrogen) atoms. The number of likely N-dealkylation sites (tertiary alicyclic amines) is 1. The Morgan fingerprint density at radius 2 is 1.85 bits per heavy atom. The van der Waals surface area contributed by atoms with Gasteiger partial charge in [-0.05, 0) is 37.5 Å². The number of piperidine rings is 1. The third-order valence-corrected chi connectivity index (χ3v) is 5.10. The van der Waals surface area contributed by atoms with Gasteiger partial charge in [0.25, 0.3) is 0 Å². The summed E-state index contributed by atoms with van der Waals surface area (Å²) in [6.45, 7) is 2.59. The summed E-state index contributed by atoms with van der Waals surface area (Å²) in [7, 11) is 0. The molecule has 0 aromatic rings. The Hall–Kier alpha value is -1.30. The first kappa shape index (κ1) is 13.7. The Bertz CT molecular complexity index is 398. The molecule has 2 saturated heterocycles. The van der Waals surface area contributed by atoms with Crippen molar-refractivity contribution < 1.29 is 19.4 Å². The fourth-order valence-electron chi connectivity index (χ4n) is 3.56. The third kappa shape index (κ3) is 2.61. The molecule has 2 amide bonds. The zero-order chi connectivity index (χ0) is 14.2. The van der Waals surface area contributed by atoms with E-state index < -0.39 is 6.09 Å². The Kier molecular flexibility index (Phi) is 3.58. The molecule has 1 spiro atoms. The number of hydrogen-bond acceptors (Lipinski definition) is 3. The molecule has 1 atom stereocenters. The fraction of sp³-hybridized carbons (Fsp3) is 0.857. The highest BCUT2D eigenvalue weighted by atomic mass is 16.5. The molecule has 0 aromatic carbocycles. The van der Waals surface area contributed by atoms with Gasteiger partial charge in [-0.3, -0.25) is 4.79 Å². The van der Waals surface area contributed by atoms with E-state index in [1.54, 1.807) is 0 Å². The molecule has 2 heterocycles. The quantitative estimate of drug-likeness (QED) is 0.794. The SMILES string of the molecule is O=C(NC1CCOCC1)[C@H]1CC12CCN(C(=O)O)CC2. The standard InChI is InChI=1S/C14H22N2O4/c17-12(15-10-1-7-20-8-2-10)11-9-14(11)3-5-16(6-4-14)13(18)19/h10-11H,1-9H2,(H,15,17)(H,18,19)/t11-/m1/s1. The first-order valence-electron chi connectivity index (χ1n) is 7.47. The van der Waals surface area contributed by atoms with Gasteiger partial charge in [0.15, 0.2) is 0 Å². The first-order chi connectivity index (χ1) is 9.61. The molecule has 3 fully saturated rings. The van der Waals surface area contributed by atoms with Gasteiger partial charge in [-0.15, -0.1) is 0 Å². The maximum Gasteiger partial charge on any atom is 0.407 e. The highest BCUT2D eigenvalue weighted by Crippen LogP contribution is 2.59. The number of carboxylic acid groups (broad SMARTS) is 1. The minimum Gasteiger partial charge on any atom is -0.465 e. The molecule has 0 radical (unpaired) electrons. The number of ether oxygens (including phenoxy) is 1. The summed E-state index contributed by atoms with van der Waals surface area (Å²) in [4.78, 5) is 24.6. The Morgan fingerprint density at radius 1 is 1.20 bits per heavy atom. The lowest BCUT2D eigenvalue weighted by Gasteiger charge is -2.31. The Balaban J connectivity index is 1.48. The van der Waals surface area contributed by atoms with Crippen molar-refractivity contribution in [3.63, 3.8) is 0 Å². The van der Waals surface area contributed by atoms with E-state index in [0.29, 0.717) is 13.1 Å². The number of nitrogens with one attached hydrogen (secondary N) is 1. The smallest absolute Gasteiger partial charge is 0.407 e. The normalized spacial score (nSPS) is 29.2. The summed E-state index contributed by atoms with van der Waals surface area (Å²) < 4.78 is 5.29. The van der Waals surface area contributed by atoms with Gasteiger partial charge in [-0.1, -0.05) is 0 Å². The Morgan fingerprint density at radius 3 is 2.45 bits per heavy atom. The van der Waals surface area contributed by atoms with E-state index >= 15 is 0 Å². The van der Waals surface area contributed by atoms with Crippen LogP contribution in [-0.4, -0.2) is 54.4 Å². The monoisotopic (exact) mass is 282 g/mol. The molecule has 1 aliphatic carbocycles. The summed E-state index contributed by atoms with van der Waals surface area (Å²) in [5.74, 6) is 0.266. The molecule has 3 rings (SSSR count). The van der Waals surface area contributed by atoms with Crippen molar-refractivity contribution in [1.82, 2.24) is 10.2 Å². The topological polar surface area (TPSA) is 78.9 Å². The predicted octanol–water partition coefficient (Wildman–Crippen LogP) is 1.06. The van der Waals surface area contributed by atoms with Crippen molar-refractivity contribution in [2.45, 2.75) is 38.1 Å². The lowest BCUT2D eigenvalue weighted by Crippen LogP contribution is -2.42. The highest BCUT2D eigenvalue weighted by molar-refractivity contribution is 5.83. The number of amides is 2. The van der Waals surface area contributed by atoms with E-state index in [-0.39, 0.29) is 23.3 Å². The van der Waals surface area contributed by atoms with Crippen molar-refractivity contribution in [3.8, 4) is 0 Å². The Labute approximate surface area is 118 Å². The van der Waals surface area contributed by atoms with Gasteiger partial charge in [0.05, 0.1) is 0 Å². The second kappa shape index (κ2) is 5.24. The minimum absolute atomic E-state index is 0.0845. The van der Waals surface area contributed by atoms with Crippen LogP contribution in [0.2, 0.25) is 0 Å². The van der Waals surface area contributed by atoms with Crippen LogP contribution in [0.25, 0.3) is 0 Å². The second-order valence-corrected chi connectivity index (χ2v) is 6.28. The number of carbonyl (C=O) groups is 2. The summed E-state index contributed by atoms with van der Waals surface area (Å²) in [6, 6.07) is 0.257. The molecule has 112 valence electrons. The maximum atomic E-state index is 12.3. The average Bonchev–Trinajstić information content (AvgIpc) is 3.14. The molecule has 2 aliphatic heterocycles. The van der Waals surface area contributed by atoms with Crippen LogP contribution in [0.1, 0.15) is 32.1 Å². The largest absolute Gasteiger partial charge is 0.465 e. The lowest BCUT2D eigenvalue weighted by molar-refractivity contribution is -0.124. The van der Waals surface area contributed by atoms with Crippen LogP contribution in [-0.2, 0) is 9.53 Å². The molecule has 0 unspecified atom stereocenters. The first-order valence-corrected chi connectivity index (χ1v) is 7.47. The predicted molar refractivity (Wildman–Crippen MR) is 71.4 cm³/mol. The van der Waals surface area contributed by atoms with E-state index in [2.05, 4.69) is 5.32 Å². The van der Waals surface area contributed by atoms with E-state index in [1.165, 1.54) is 4.90 Å². The van der Waals surface area contributed by atoms with E-state index in [0.717, 1.165) is 45.3 Å². The van der Waals surface area contributed by atoms with Crippen molar-refractivity contribution >= 4 is 12.0 Å². The fourth-order valence-corrected chi connectivity index (χ4v) is 3.56. The van der Waals surface area contributed by atoms with Gasteiger partial charge in [0, 0.05) is 38.3 Å². The number of rotatable bonds is 2. The van der Waals surface area contributed by atoms with Crippen LogP contribution in [0, 0.1) is 11.3 Å². The minimum atomic E-state index is -0.844. The second-order valence-electron chi connectivity index (χ2n) is 6.28. The van der Waals surface area contributed by atoms with Gasteiger partial charge in [0.2, 0.25) is 5.91 Å². The van der Waals surface area contributed by atoms with Gasteiger partial charge in [-0.25, -0.2) is 4.79 Å². The summed E-state index contributed by atoms with van der Waals surface area (Å²) in [5.41, 5.74) is 0.0845. The molecule has 1 saturated carbocycles. The third-order valence-electron chi connectivity index (χ3n) is 5.10. The number of hydrogen-bond donors (Lipinski definition) is 2. The van der Waals surface area contributed by atoms with Crippen LogP contribution in [0.15, 0.2) is 0 Å². The molecule has 3 aliphatic rings. The van der Waals surface area contributed by atoms with Gasteiger partial charge in [0.1, 0.15) is 0 Å². The van der Waals surface area contributed by atoms with Crippen LogP contribution in [0.4, 0.5) is 4.79 Å². The van der Waals surface area contributed by atoms with Crippen LogP contribution in [0.5, 0.6) is 0 Å². The summed E-state index contributed by atoms with van der Waals surface area (Å²) in [6.07, 6.45) is 3.53. The molecule has 0 bridgehead atoms. The van der Waals surface area contributed by atoms with E-state index in [4.69, 9.17) is 9.84 Å². The van der Waals surface area contributed by atoms with Gasteiger partial charge in [-0.2, -0.15) is 0 Å². The maximum absolute atomic E-state index is 12.3. The van der Waals surface area contributed by atoms with E-state index in [9.17, 15) is 9.59 Å². The molecular weight excluding hydrogens is 260 g/mol. The lowest BCUT2D eigenvalue weighted by atomic mass is 9.90.